The summed E-state index contributed by atoms with van der Waals surface area (Å²) in [5.41, 5.74) is 10.3. The van der Waals surface area contributed by atoms with Crippen LogP contribution in [-0.2, 0) is 22.5 Å². The molecule has 2 unspecified atom stereocenters. The summed E-state index contributed by atoms with van der Waals surface area (Å²) in [6.07, 6.45) is 1.07. The molecule has 0 saturated heterocycles. The number of carboxylic acid groups (broad SMARTS) is 1. The summed E-state index contributed by atoms with van der Waals surface area (Å²) < 4.78 is 0. The zero-order valence-corrected chi connectivity index (χ0v) is 17.7. The summed E-state index contributed by atoms with van der Waals surface area (Å²) in [7, 11) is 0. The van der Waals surface area contributed by atoms with E-state index in [0.29, 0.717) is 5.56 Å². The molecule has 1 aliphatic heterocycles. The van der Waals surface area contributed by atoms with Crippen LogP contribution in [0, 0.1) is 0 Å². The average molecular weight is 433 g/mol. The average Bonchev–Trinajstić information content (AvgIpc) is 3.29. The number of aliphatic hydroxyl groups is 1. The highest BCUT2D eigenvalue weighted by atomic mass is 16.6. The molecule has 0 aromatic heterocycles. The number of oxime groups is 1. The minimum Gasteiger partial charge on any atom is -0.479 e. The first kappa shape index (κ1) is 23.2. The second-order valence-corrected chi connectivity index (χ2v) is 7.67. The van der Waals surface area contributed by atoms with Crippen LogP contribution < -0.4 is 5.73 Å². The van der Waals surface area contributed by atoms with Crippen LogP contribution in [0.4, 0.5) is 0 Å². The molecule has 0 saturated carbocycles. The van der Waals surface area contributed by atoms with Crippen molar-refractivity contribution >= 4 is 11.7 Å². The molecule has 0 aliphatic carbocycles. The lowest BCUT2D eigenvalue weighted by Crippen LogP contribution is -2.36. The second kappa shape index (κ2) is 11.8. The summed E-state index contributed by atoms with van der Waals surface area (Å²) in [5.74, 6) is -1.23. The van der Waals surface area contributed by atoms with Crippen molar-refractivity contribution < 1.29 is 19.8 Å². The number of aliphatic hydroxyl groups excluding tert-OH is 1. The lowest BCUT2D eigenvalue weighted by molar-refractivity contribution is -0.146. The van der Waals surface area contributed by atoms with Crippen molar-refractivity contribution in [2.75, 3.05) is 0 Å². The monoisotopic (exact) mass is 432 g/mol. The van der Waals surface area contributed by atoms with Crippen molar-refractivity contribution in [2.24, 2.45) is 10.9 Å². The van der Waals surface area contributed by atoms with Gasteiger partial charge in [-0.25, -0.2) is 4.79 Å². The van der Waals surface area contributed by atoms with Gasteiger partial charge in [-0.2, -0.15) is 0 Å². The fraction of sp³-hybridized carbons (Fsp3) is 0.231. The molecule has 0 bridgehead atoms. The van der Waals surface area contributed by atoms with Crippen LogP contribution in [0.1, 0.15) is 29.2 Å². The molecular weight excluding hydrogens is 404 g/mol. The van der Waals surface area contributed by atoms with Crippen molar-refractivity contribution in [3.63, 3.8) is 0 Å². The highest BCUT2D eigenvalue weighted by Crippen LogP contribution is 2.18. The van der Waals surface area contributed by atoms with Gasteiger partial charge in [0.15, 0.2) is 6.10 Å². The van der Waals surface area contributed by atoms with E-state index in [4.69, 9.17) is 20.8 Å². The van der Waals surface area contributed by atoms with Gasteiger partial charge >= 0.3 is 5.97 Å². The Kier molecular flexibility index (Phi) is 8.54. The molecule has 3 aromatic carbocycles. The maximum absolute atomic E-state index is 10.2. The van der Waals surface area contributed by atoms with E-state index in [1.807, 2.05) is 36.4 Å². The van der Waals surface area contributed by atoms with E-state index in [9.17, 15) is 4.79 Å². The van der Waals surface area contributed by atoms with E-state index < -0.39 is 12.1 Å². The molecule has 6 nitrogen and oxygen atoms in total. The Morgan fingerprint density at radius 1 is 0.938 bits per heavy atom. The number of carboxylic acids is 1. The van der Waals surface area contributed by atoms with Crippen molar-refractivity contribution in [1.29, 1.82) is 0 Å². The normalized spacial score (nSPS) is 16.7. The predicted octanol–water partition coefficient (Wildman–Crippen LogP) is 3.75. The quantitative estimate of drug-likeness (QED) is 0.527. The van der Waals surface area contributed by atoms with E-state index in [-0.39, 0.29) is 12.1 Å². The number of rotatable bonds is 7. The fourth-order valence-corrected chi connectivity index (χ4v) is 3.41. The first-order valence-electron chi connectivity index (χ1n) is 10.5. The van der Waals surface area contributed by atoms with Gasteiger partial charge < -0.3 is 20.8 Å². The molecule has 0 spiro atoms. The van der Waals surface area contributed by atoms with Crippen LogP contribution in [-0.4, -0.2) is 34.0 Å². The lowest BCUT2D eigenvalue weighted by Gasteiger charge is -2.17. The Labute approximate surface area is 188 Å². The van der Waals surface area contributed by atoms with E-state index in [1.165, 1.54) is 11.1 Å². The molecular formula is C26H28N2O4. The topological polar surface area (TPSA) is 105 Å². The SMILES string of the molecule is NC(Cc1ccccc1)C1CC(Cc2ccccc2)=NO1.O=C(O)[C@H](O)c1ccccc1. The zero-order chi connectivity index (χ0) is 22.8. The number of carbonyl (C=O) groups is 1. The lowest BCUT2D eigenvalue weighted by atomic mass is 9.97. The van der Waals surface area contributed by atoms with Gasteiger partial charge in [-0.1, -0.05) is 96.2 Å². The van der Waals surface area contributed by atoms with E-state index >= 15 is 0 Å². The van der Waals surface area contributed by atoms with Gasteiger partial charge in [0.25, 0.3) is 0 Å². The Morgan fingerprint density at radius 2 is 1.47 bits per heavy atom. The number of hydrogen-bond acceptors (Lipinski definition) is 5. The molecule has 0 fully saturated rings. The summed E-state index contributed by atoms with van der Waals surface area (Å²) in [6.45, 7) is 0. The first-order valence-corrected chi connectivity index (χ1v) is 10.5. The summed E-state index contributed by atoms with van der Waals surface area (Å²) in [6, 6.07) is 28.9. The van der Waals surface area contributed by atoms with Crippen LogP contribution in [0.3, 0.4) is 0 Å². The Hall–Kier alpha value is -3.48. The first-order chi connectivity index (χ1) is 15.5. The second-order valence-electron chi connectivity index (χ2n) is 7.67. The third-order valence-electron chi connectivity index (χ3n) is 5.15. The Bertz CT molecular complexity index is 994. The maximum atomic E-state index is 10.2. The minimum atomic E-state index is -1.41. The summed E-state index contributed by atoms with van der Waals surface area (Å²) in [4.78, 5) is 15.8. The number of nitrogens with two attached hydrogens (primary N) is 1. The van der Waals surface area contributed by atoms with Gasteiger partial charge in [-0.05, 0) is 23.1 Å². The van der Waals surface area contributed by atoms with Crippen molar-refractivity contribution in [2.45, 2.75) is 37.5 Å². The van der Waals surface area contributed by atoms with Gasteiger partial charge in [-0.15, -0.1) is 0 Å². The standard InChI is InChI=1S/C18H20N2O.C8H8O3/c19-17(12-15-9-5-2-6-10-15)18-13-16(20-21-18)11-14-7-3-1-4-8-14;9-7(8(10)11)6-4-2-1-3-5-6/h1-10,17-18H,11-13,19H2;1-5,7,9H,(H,10,11)/t;7-/m.1/s1. The molecule has 6 heteroatoms. The van der Waals surface area contributed by atoms with E-state index in [1.54, 1.807) is 30.3 Å². The fourth-order valence-electron chi connectivity index (χ4n) is 3.41. The van der Waals surface area contributed by atoms with Crippen LogP contribution >= 0.6 is 0 Å². The van der Waals surface area contributed by atoms with Gasteiger partial charge in [0.2, 0.25) is 0 Å². The third kappa shape index (κ3) is 7.04. The molecule has 0 radical (unpaired) electrons. The van der Waals surface area contributed by atoms with Gasteiger partial charge in [0, 0.05) is 18.9 Å². The minimum absolute atomic E-state index is 0.0103. The molecule has 4 N–H and O–H groups in total. The number of nitrogens with zero attached hydrogens (tertiary/aromatic N) is 1. The van der Waals surface area contributed by atoms with Gasteiger partial charge in [0.1, 0.15) is 6.10 Å². The van der Waals surface area contributed by atoms with Crippen LogP contribution in [0.5, 0.6) is 0 Å². The van der Waals surface area contributed by atoms with Crippen LogP contribution in [0.15, 0.2) is 96.2 Å². The highest BCUT2D eigenvalue weighted by molar-refractivity contribution is 5.87. The number of benzene rings is 3. The third-order valence-corrected chi connectivity index (χ3v) is 5.15. The van der Waals surface area contributed by atoms with E-state index in [2.05, 4.69) is 29.4 Å². The molecule has 1 aliphatic rings. The van der Waals surface area contributed by atoms with E-state index in [0.717, 1.165) is 25.0 Å². The molecule has 1 heterocycles. The van der Waals surface area contributed by atoms with Crippen molar-refractivity contribution in [3.8, 4) is 0 Å². The highest BCUT2D eigenvalue weighted by Gasteiger charge is 2.27. The molecule has 3 atom stereocenters. The van der Waals surface area contributed by atoms with Crippen molar-refractivity contribution in [1.82, 2.24) is 0 Å². The van der Waals surface area contributed by atoms with Crippen LogP contribution in [0.2, 0.25) is 0 Å². The zero-order valence-electron chi connectivity index (χ0n) is 17.7. The van der Waals surface area contributed by atoms with Gasteiger partial charge in [-0.3, -0.25) is 0 Å². The predicted molar refractivity (Wildman–Crippen MR) is 124 cm³/mol. The Balaban J connectivity index is 0.000000222. The molecule has 32 heavy (non-hydrogen) atoms. The maximum Gasteiger partial charge on any atom is 0.337 e. The molecule has 4 rings (SSSR count). The molecule has 3 aromatic rings. The van der Waals surface area contributed by atoms with Gasteiger partial charge in [0.05, 0.1) is 5.71 Å². The summed E-state index contributed by atoms with van der Waals surface area (Å²) >= 11 is 0. The molecule has 0 amide bonds. The number of hydrogen-bond donors (Lipinski definition) is 3. The Morgan fingerprint density at radius 3 is 2.03 bits per heavy atom. The summed E-state index contributed by atoms with van der Waals surface area (Å²) in [5, 5.41) is 21.6. The number of aliphatic carboxylic acids is 1. The smallest absolute Gasteiger partial charge is 0.337 e. The van der Waals surface area contributed by atoms with Crippen LogP contribution in [0.25, 0.3) is 0 Å². The molecule has 166 valence electrons. The van der Waals surface area contributed by atoms with Crippen molar-refractivity contribution in [3.05, 3.63) is 108 Å². The largest absolute Gasteiger partial charge is 0.479 e.